The Morgan fingerprint density at radius 3 is 2.52 bits per heavy atom. The second kappa shape index (κ2) is 9.56. The molecule has 1 N–H and O–H groups in total. The Hall–Kier alpha value is 0.120. The fourth-order valence-corrected chi connectivity index (χ4v) is 4.52. The number of halogens is 1. The van der Waals surface area contributed by atoms with Crippen LogP contribution in [0.2, 0.25) is 0 Å². The number of rotatable bonds is 9. The number of ether oxygens (including phenoxy) is 2. The first-order chi connectivity index (χ1) is 10.8. The Kier molecular flexibility index (Phi) is 8.80. The molecule has 0 bridgehead atoms. The van der Waals surface area contributed by atoms with Crippen molar-refractivity contribution < 1.29 is 19.4 Å². The van der Waals surface area contributed by atoms with Gasteiger partial charge < -0.3 is 14.6 Å². The van der Waals surface area contributed by atoms with Crippen molar-refractivity contribution in [1.29, 1.82) is 0 Å². The van der Waals surface area contributed by atoms with Crippen LogP contribution < -0.4 is 0 Å². The lowest BCUT2D eigenvalue weighted by atomic mass is 9.81. The van der Waals surface area contributed by atoms with Crippen LogP contribution in [-0.4, -0.2) is 39.9 Å². The maximum absolute atomic E-state index is 11.4. The molecule has 136 valence electrons. The second-order valence-electron chi connectivity index (χ2n) is 7.05. The molecular weight excluding hydrogens is 407 g/mol. The molecule has 1 fully saturated rings. The van der Waals surface area contributed by atoms with Crippen molar-refractivity contribution in [2.75, 3.05) is 7.11 Å². The predicted octanol–water partition coefficient (Wildman–Crippen LogP) is 4.11. The van der Waals surface area contributed by atoms with Crippen LogP contribution in [0.15, 0.2) is 0 Å². The van der Waals surface area contributed by atoms with E-state index in [1.165, 1.54) is 7.11 Å². The summed E-state index contributed by atoms with van der Waals surface area (Å²) in [6.07, 6.45) is 4.60. The lowest BCUT2D eigenvalue weighted by Crippen LogP contribution is -2.35. The molecule has 1 heterocycles. The molecule has 5 heteroatoms. The van der Waals surface area contributed by atoms with Crippen molar-refractivity contribution in [2.45, 2.75) is 88.0 Å². The molecule has 0 aromatic heterocycles. The minimum absolute atomic E-state index is 0.0599. The van der Waals surface area contributed by atoms with Crippen LogP contribution in [0.3, 0.4) is 0 Å². The minimum atomic E-state index is -0.659. The van der Waals surface area contributed by atoms with Gasteiger partial charge in [0.2, 0.25) is 0 Å². The van der Waals surface area contributed by atoms with Gasteiger partial charge in [0.05, 0.1) is 31.3 Å². The molecule has 1 aliphatic heterocycles. The van der Waals surface area contributed by atoms with E-state index in [9.17, 15) is 9.90 Å². The summed E-state index contributed by atoms with van der Waals surface area (Å²) in [5.41, 5.74) is -0.207. The molecule has 0 aliphatic carbocycles. The molecule has 0 radical (unpaired) electrons. The zero-order valence-electron chi connectivity index (χ0n) is 15.2. The maximum atomic E-state index is 11.4. The smallest absolute Gasteiger partial charge is 0.308 e. The summed E-state index contributed by atoms with van der Waals surface area (Å²) in [5, 5.41) is 10.4. The molecule has 4 nitrogen and oxygen atoms in total. The van der Waals surface area contributed by atoms with E-state index in [4.69, 9.17) is 4.74 Å². The van der Waals surface area contributed by atoms with Crippen LogP contribution in [0.5, 0.6) is 0 Å². The summed E-state index contributed by atoms with van der Waals surface area (Å²) in [7, 11) is 1.36. The first kappa shape index (κ1) is 21.2. The number of carbonyl (C=O) groups excluding carboxylic acids is 1. The molecule has 0 aromatic rings. The van der Waals surface area contributed by atoms with E-state index in [0.717, 1.165) is 32.1 Å². The predicted molar refractivity (Wildman–Crippen MR) is 101 cm³/mol. The number of carbonyl (C=O) groups is 1. The number of alkyl halides is 1. The molecule has 2 unspecified atom stereocenters. The minimum Gasteiger partial charge on any atom is -0.469 e. The van der Waals surface area contributed by atoms with Crippen molar-refractivity contribution in [3.63, 3.8) is 0 Å². The molecule has 0 spiro atoms. The number of esters is 1. The molecule has 1 aliphatic rings. The van der Waals surface area contributed by atoms with Gasteiger partial charge in [0.1, 0.15) is 0 Å². The van der Waals surface area contributed by atoms with E-state index >= 15 is 0 Å². The van der Waals surface area contributed by atoms with Crippen LogP contribution in [0.25, 0.3) is 0 Å². The molecule has 0 amide bonds. The van der Waals surface area contributed by atoms with Gasteiger partial charge in [-0.05, 0) is 38.0 Å². The van der Waals surface area contributed by atoms with Gasteiger partial charge in [0, 0.05) is 3.92 Å². The third-order valence-electron chi connectivity index (χ3n) is 5.22. The third-order valence-corrected chi connectivity index (χ3v) is 6.81. The molecule has 23 heavy (non-hydrogen) atoms. The van der Waals surface area contributed by atoms with Gasteiger partial charge in [0.15, 0.2) is 0 Å². The number of aliphatic hydroxyl groups is 1. The Morgan fingerprint density at radius 2 is 2.04 bits per heavy atom. The number of hydrogen-bond acceptors (Lipinski definition) is 4. The normalized spacial score (nSPS) is 31.6. The summed E-state index contributed by atoms with van der Waals surface area (Å²) >= 11 is 2.50. The van der Waals surface area contributed by atoms with Gasteiger partial charge in [0.25, 0.3) is 0 Å². The zero-order chi connectivity index (χ0) is 17.6. The van der Waals surface area contributed by atoms with E-state index in [1.807, 2.05) is 0 Å². The fraction of sp³-hybridized carbons (Fsp3) is 0.944. The van der Waals surface area contributed by atoms with Crippen molar-refractivity contribution in [2.24, 2.45) is 11.8 Å². The summed E-state index contributed by atoms with van der Waals surface area (Å²) < 4.78 is 11.7. The Bertz CT molecular complexity index is 376. The highest BCUT2D eigenvalue weighted by Crippen LogP contribution is 2.44. The van der Waals surface area contributed by atoms with E-state index in [0.29, 0.717) is 15.9 Å². The van der Waals surface area contributed by atoms with Gasteiger partial charge in [-0.1, -0.05) is 56.2 Å². The summed E-state index contributed by atoms with van der Waals surface area (Å²) in [5.74, 6) is 0.290. The van der Waals surface area contributed by atoms with Crippen molar-refractivity contribution in [1.82, 2.24) is 0 Å². The highest BCUT2D eigenvalue weighted by atomic mass is 127. The Labute approximate surface area is 154 Å². The average Bonchev–Trinajstić information content (AvgIpc) is 2.88. The number of hydrogen-bond donors (Lipinski definition) is 1. The lowest BCUT2D eigenvalue weighted by molar-refractivity contribution is -0.144. The average molecular weight is 440 g/mol. The van der Waals surface area contributed by atoms with Crippen LogP contribution in [0.4, 0.5) is 0 Å². The van der Waals surface area contributed by atoms with Gasteiger partial charge >= 0.3 is 5.97 Å². The van der Waals surface area contributed by atoms with E-state index in [2.05, 4.69) is 55.0 Å². The lowest BCUT2D eigenvalue weighted by Gasteiger charge is -2.32. The standard InChI is InChI=1S/C18H33IO4/c1-6-12(15(20)9-16(21)22-5)10-18(4)11-13(7-2)17(23-18)14(19)8-3/h12-15,17,20H,6-11H2,1-5H3/t12-,13-,14?,15-,17?,18-/m1/s1. The van der Waals surface area contributed by atoms with Crippen LogP contribution >= 0.6 is 22.6 Å². The van der Waals surface area contributed by atoms with Crippen LogP contribution in [0, 0.1) is 11.8 Å². The van der Waals surface area contributed by atoms with Crippen molar-refractivity contribution in [3.05, 3.63) is 0 Å². The maximum Gasteiger partial charge on any atom is 0.308 e. The van der Waals surface area contributed by atoms with Crippen LogP contribution in [-0.2, 0) is 14.3 Å². The SMILES string of the molecule is CCC(I)C1O[C@](C)(C[C@@H](CC)[C@H](O)CC(=O)OC)C[C@H]1CC. The van der Waals surface area contributed by atoms with Gasteiger partial charge in [-0.15, -0.1) is 0 Å². The second-order valence-corrected chi connectivity index (χ2v) is 8.65. The third kappa shape index (κ3) is 5.85. The molecule has 6 atom stereocenters. The van der Waals surface area contributed by atoms with Crippen molar-refractivity contribution in [3.8, 4) is 0 Å². The Morgan fingerprint density at radius 1 is 1.39 bits per heavy atom. The Balaban J connectivity index is 2.74. The van der Waals surface area contributed by atoms with Gasteiger partial charge in [-0.2, -0.15) is 0 Å². The quantitative estimate of drug-likeness (QED) is 0.333. The van der Waals surface area contributed by atoms with Gasteiger partial charge in [-0.25, -0.2) is 0 Å². The fourth-order valence-electron chi connectivity index (χ4n) is 3.78. The molecular formula is C18H33IO4. The van der Waals surface area contributed by atoms with Crippen LogP contribution in [0.1, 0.15) is 66.2 Å². The molecule has 0 saturated carbocycles. The largest absolute Gasteiger partial charge is 0.469 e. The monoisotopic (exact) mass is 440 g/mol. The topological polar surface area (TPSA) is 55.8 Å². The first-order valence-electron chi connectivity index (χ1n) is 8.86. The molecule has 0 aromatic carbocycles. The summed E-state index contributed by atoms with van der Waals surface area (Å²) in [6, 6.07) is 0. The number of aliphatic hydroxyl groups excluding tert-OH is 1. The number of methoxy groups -OCH3 is 1. The van der Waals surface area contributed by atoms with E-state index in [-0.39, 0.29) is 23.9 Å². The van der Waals surface area contributed by atoms with E-state index in [1.54, 1.807) is 0 Å². The van der Waals surface area contributed by atoms with E-state index < -0.39 is 6.10 Å². The highest BCUT2D eigenvalue weighted by Gasteiger charge is 2.46. The van der Waals surface area contributed by atoms with Crippen molar-refractivity contribution >= 4 is 28.6 Å². The highest BCUT2D eigenvalue weighted by molar-refractivity contribution is 14.1. The zero-order valence-corrected chi connectivity index (χ0v) is 17.3. The molecule has 1 saturated heterocycles. The molecule has 1 rings (SSSR count). The summed E-state index contributed by atoms with van der Waals surface area (Å²) in [4.78, 5) is 11.4. The van der Waals surface area contributed by atoms with Gasteiger partial charge in [-0.3, -0.25) is 4.79 Å². The summed E-state index contributed by atoms with van der Waals surface area (Å²) in [6.45, 7) is 8.67. The first-order valence-corrected chi connectivity index (χ1v) is 10.1.